The summed E-state index contributed by atoms with van der Waals surface area (Å²) in [5, 5.41) is 20.5. The van der Waals surface area contributed by atoms with Crippen LogP contribution < -0.4 is 19.5 Å². The van der Waals surface area contributed by atoms with Gasteiger partial charge in [0, 0.05) is 47.4 Å². The Morgan fingerprint density at radius 1 is 0.863 bits per heavy atom. The molecular formula is C36H30N2O13. The molecule has 0 aromatic heterocycles. The third kappa shape index (κ3) is 6.36. The van der Waals surface area contributed by atoms with Crippen LogP contribution in [-0.2, 0) is 39.1 Å². The predicted octanol–water partition coefficient (Wildman–Crippen LogP) is 2.92. The van der Waals surface area contributed by atoms with Crippen LogP contribution in [0, 0.1) is 5.92 Å². The Hall–Kier alpha value is -6.51. The number of fused-ring (bicyclic) bond motifs is 6. The van der Waals surface area contributed by atoms with E-state index in [4.69, 9.17) is 24.1 Å². The Bertz CT molecular complexity index is 2020. The molecule has 0 saturated heterocycles. The number of carboxylic acids is 2. The molecule has 262 valence electrons. The maximum Gasteiger partial charge on any atom is 0.340 e. The molecule has 3 aromatic rings. The topological polar surface area (TPSA) is 212 Å². The fourth-order valence-corrected chi connectivity index (χ4v) is 6.24. The lowest BCUT2D eigenvalue weighted by atomic mass is 9.77. The smallest absolute Gasteiger partial charge is 0.340 e. The van der Waals surface area contributed by atoms with Gasteiger partial charge in [-0.1, -0.05) is 32.0 Å². The summed E-state index contributed by atoms with van der Waals surface area (Å²) in [6.07, 6.45) is 1.36. The maximum atomic E-state index is 13.4. The molecule has 3 N–H and O–H groups in total. The third-order valence-corrected chi connectivity index (χ3v) is 8.52. The number of aliphatic carboxylic acids is 2. The van der Waals surface area contributed by atoms with Crippen LogP contribution in [0.1, 0.15) is 53.7 Å². The number of hydrogen-bond acceptors (Lipinski definition) is 11. The molecule has 0 saturated carbocycles. The molecule has 3 aliphatic heterocycles. The summed E-state index contributed by atoms with van der Waals surface area (Å²) in [7, 11) is 0. The molecule has 0 aliphatic carbocycles. The Kier molecular flexibility index (Phi) is 9.04. The number of carbonyl (C=O) groups excluding carboxylic acids is 5. The zero-order valence-corrected chi connectivity index (χ0v) is 27.1. The summed E-state index contributed by atoms with van der Waals surface area (Å²) in [5.74, 6) is -6.24. The molecule has 3 amide bonds. The number of hydrogen-bond donors (Lipinski definition) is 3. The van der Waals surface area contributed by atoms with Crippen molar-refractivity contribution in [3.63, 3.8) is 0 Å². The molecule has 3 heterocycles. The van der Waals surface area contributed by atoms with Gasteiger partial charge in [0.15, 0.2) is 12.2 Å². The number of esters is 2. The van der Waals surface area contributed by atoms with Crippen molar-refractivity contribution in [2.24, 2.45) is 5.92 Å². The van der Waals surface area contributed by atoms with Crippen molar-refractivity contribution >= 4 is 41.6 Å². The van der Waals surface area contributed by atoms with Gasteiger partial charge in [-0.2, -0.15) is 0 Å². The summed E-state index contributed by atoms with van der Waals surface area (Å²) in [4.78, 5) is 87.1. The molecule has 3 aromatic carbocycles. The van der Waals surface area contributed by atoms with Gasteiger partial charge < -0.3 is 34.5 Å². The molecule has 6 rings (SSSR count). The average Bonchev–Trinajstić information content (AvgIpc) is 3.56. The first-order valence-corrected chi connectivity index (χ1v) is 15.7. The van der Waals surface area contributed by atoms with E-state index in [9.17, 15) is 38.7 Å². The first-order chi connectivity index (χ1) is 24.3. The predicted molar refractivity (Wildman–Crippen MR) is 172 cm³/mol. The van der Waals surface area contributed by atoms with Crippen LogP contribution in [0.2, 0.25) is 0 Å². The van der Waals surface area contributed by atoms with Gasteiger partial charge in [0.05, 0.1) is 5.56 Å². The molecular weight excluding hydrogens is 668 g/mol. The second kappa shape index (κ2) is 13.4. The van der Waals surface area contributed by atoms with Crippen molar-refractivity contribution in [2.45, 2.75) is 44.4 Å². The van der Waals surface area contributed by atoms with E-state index in [1.54, 1.807) is 50.2 Å². The highest BCUT2D eigenvalue weighted by atomic mass is 16.6. The van der Waals surface area contributed by atoms with Crippen LogP contribution in [0.4, 0.5) is 0 Å². The zero-order chi connectivity index (χ0) is 36.6. The van der Waals surface area contributed by atoms with Gasteiger partial charge in [0.25, 0.3) is 17.7 Å². The van der Waals surface area contributed by atoms with Gasteiger partial charge in [0.2, 0.25) is 0 Å². The lowest BCUT2D eigenvalue weighted by Crippen LogP contribution is -2.49. The highest BCUT2D eigenvalue weighted by Crippen LogP contribution is 2.57. The standard InChI is InChI=1S/C36H30N2O13/c1-18(2)32(38-29(40)12-13-30(38)41)35(47)49-20-8-10-24-27(16-20)50-26-15-19(48-17-28(39)37-25(33(44)45)11-14-31(42)43)7-9-23(26)36(24)22-6-4-3-5-21(22)34(46)51-36/h3-10,12-13,15-16,18,25,32H,11,14,17H2,1-2H3,(H,37,39)(H,42,43)(H,44,45)/t25-,32-,36?/m0/s1. The Balaban J connectivity index is 1.30. The highest BCUT2D eigenvalue weighted by Gasteiger charge is 2.53. The number of nitrogens with one attached hydrogen (secondary N) is 1. The summed E-state index contributed by atoms with van der Waals surface area (Å²) in [5.41, 5.74) is 0.129. The van der Waals surface area contributed by atoms with E-state index in [1.165, 1.54) is 24.3 Å². The van der Waals surface area contributed by atoms with Gasteiger partial charge in [-0.15, -0.1) is 0 Å². The van der Waals surface area contributed by atoms with Crippen molar-refractivity contribution in [1.29, 1.82) is 0 Å². The second-order valence-electron chi connectivity index (χ2n) is 12.2. The number of amides is 3. The van der Waals surface area contributed by atoms with E-state index in [-0.39, 0.29) is 29.4 Å². The fraction of sp³-hybridized carbons (Fsp3) is 0.250. The van der Waals surface area contributed by atoms with E-state index in [0.717, 1.165) is 17.1 Å². The van der Waals surface area contributed by atoms with Gasteiger partial charge in [0.1, 0.15) is 35.1 Å². The molecule has 1 unspecified atom stereocenters. The Labute approximate surface area is 289 Å². The van der Waals surface area contributed by atoms with Crippen LogP contribution in [0.5, 0.6) is 23.0 Å². The first kappa shape index (κ1) is 34.4. The fourth-order valence-electron chi connectivity index (χ4n) is 6.24. The van der Waals surface area contributed by atoms with E-state index in [0.29, 0.717) is 22.3 Å². The van der Waals surface area contributed by atoms with Crippen molar-refractivity contribution in [2.75, 3.05) is 6.61 Å². The van der Waals surface area contributed by atoms with Gasteiger partial charge >= 0.3 is 23.9 Å². The van der Waals surface area contributed by atoms with Crippen LogP contribution >= 0.6 is 0 Å². The molecule has 0 fully saturated rings. The zero-order valence-electron chi connectivity index (χ0n) is 27.1. The number of rotatable bonds is 12. The summed E-state index contributed by atoms with van der Waals surface area (Å²) in [6.45, 7) is 2.71. The molecule has 1 spiro atoms. The Morgan fingerprint density at radius 3 is 2.12 bits per heavy atom. The van der Waals surface area contributed by atoms with Crippen molar-refractivity contribution in [3.8, 4) is 23.0 Å². The molecule has 0 radical (unpaired) electrons. The maximum absolute atomic E-state index is 13.4. The lowest BCUT2D eigenvalue weighted by Gasteiger charge is -2.36. The number of imide groups is 1. The largest absolute Gasteiger partial charge is 0.484 e. The van der Waals surface area contributed by atoms with Crippen molar-refractivity contribution in [3.05, 3.63) is 95.1 Å². The molecule has 15 heteroatoms. The number of carbonyl (C=O) groups is 7. The molecule has 3 atom stereocenters. The van der Waals surface area contributed by atoms with Crippen molar-refractivity contribution in [1.82, 2.24) is 10.2 Å². The van der Waals surface area contributed by atoms with Crippen LogP contribution in [-0.4, -0.2) is 75.4 Å². The van der Waals surface area contributed by atoms with Gasteiger partial charge in [-0.05, 0) is 42.7 Å². The van der Waals surface area contributed by atoms with Crippen molar-refractivity contribution < 1.29 is 62.7 Å². The molecule has 15 nitrogen and oxygen atoms in total. The number of carboxylic acid groups (broad SMARTS) is 2. The minimum absolute atomic E-state index is 0.00706. The number of ether oxygens (including phenoxy) is 4. The average molecular weight is 699 g/mol. The lowest BCUT2D eigenvalue weighted by molar-refractivity contribution is -0.153. The monoisotopic (exact) mass is 698 g/mol. The summed E-state index contributed by atoms with van der Waals surface area (Å²) in [6, 6.07) is 13.1. The van der Waals surface area contributed by atoms with Crippen LogP contribution in [0.25, 0.3) is 0 Å². The van der Waals surface area contributed by atoms with E-state index < -0.39 is 78.2 Å². The quantitative estimate of drug-likeness (QED) is 0.141. The van der Waals surface area contributed by atoms with Crippen LogP contribution in [0.3, 0.4) is 0 Å². The van der Waals surface area contributed by atoms with E-state index in [1.807, 2.05) is 0 Å². The highest BCUT2D eigenvalue weighted by molar-refractivity contribution is 6.15. The third-order valence-electron chi connectivity index (χ3n) is 8.52. The molecule has 3 aliphatic rings. The van der Waals surface area contributed by atoms with E-state index >= 15 is 0 Å². The van der Waals surface area contributed by atoms with Crippen LogP contribution in [0.15, 0.2) is 72.8 Å². The molecule has 51 heavy (non-hydrogen) atoms. The second-order valence-corrected chi connectivity index (χ2v) is 12.2. The first-order valence-electron chi connectivity index (χ1n) is 15.7. The number of benzene rings is 3. The Morgan fingerprint density at radius 2 is 1.49 bits per heavy atom. The summed E-state index contributed by atoms with van der Waals surface area (Å²) >= 11 is 0. The molecule has 0 bridgehead atoms. The summed E-state index contributed by atoms with van der Waals surface area (Å²) < 4.78 is 23.7. The minimum Gasteiger partial charge on any atom is -0.484 e. The SMILES string of the molecule is CC(C)[C@@H](C(=O)Oc1ccc2c(c1)Oc1cc(OCC(=O)N[C@@H](CCC(=O)O)C(=O)O)ccc1C21OC(=O)c2ccccc21)N1C(=O)C=CC1=O. The normalized spacial score (nSPS) is 17.9. The number of nitrogens with zero attached hydrogens (tertiary/aromatic N) is 1. The van der Waals surface area contributed by atoms with E-state index in [2.05, 4.69) is 5.32 Å². The minimum atomic E-state index is -1.51. The van der Waals surface area contributed by atoms with Gasteiger partial charge in [-0.25, -0.2) is 14.4 Å². The van der Waals surface area contributed by atoms with Gasteiger partial charge in [-0.3, -0.25) is 24.1 Å².